The lowest BCUT2D eigenvalue weighted by molar-refractivity contribution is 0.0837. The quantitative estimate of drug-likeness (QED) is 0.579. The highest BCUT2D eigenvalue weighted by Crippen LogP contribution is 2.33. The molecule has 1 aromatic heterocycles. The van der Waals surface area contributed by atoms with E-state index in [4.69, 9.17) is 5.73 Å². The number of benzene rings is 2. The smallest absolute Gasteiger partial charge is 0.334 e. The second-order valence-electron chi connectivity index (χ2n) is 4.76. The van der Waals surface area contributed by atoms with Crippen LogP contribution in [-0.2, 0) is 0 Å². The average Bonchev–Trinajstić information content (AvgIpc) is 2.52. The van der Waals surface area contributed by atoms with E-state index in [2.05, 4.69) is 11.1 Å². The summed E-state index contributed by atoms with van der Waals surface area (Å²) in [5.41, 5.74) is 8.09. The first-order chi connectivity index (χ1) is 10.6. The first kappa shape index (κ1) is 13.7. The SMILES string of the molecule is N#Cc1cnc2c(C(=O)F)cccc2c1-c1cccc(N)c1. The standard InChI is InChI=1S/C17H10FN3O/c18-17(22)14-6-2-5-13-15(10-3-1-4-12(20)7-10)11(8-19)9-21-16(13)14/h1-7,9H,20H2. The fourth-order valence-corrected chi connectivity index (χ4v) is 2.47. The van der Waals surface area contributed by atoms with Crippen molar-refractivity contribution in [1.82, 2.24) is 4.98 Å². The highest BCUT2D eigenvalue weighted by atomic mass is 19.1. The van der Waals surface area contributed by atoms with Gasteiger partial charge in [-0.3, -0.25) is 9.78 Å². The topological polar surface area (TPSA) is 79.8 Å². The van der Waals surface area contributed by atoms with Crippen molar-refractivity contribution < 1.29 is 9.18 Å². The molecule has 0 radical (unpaired) electrons. The predicted octanol–water partition coefficient (Wildman–Crippen LogP) is 3.47. The van der Waals surface area contributed by atoms with Gasteiger partial charge >= 0.3 is 6.04 Å². The number of nitriles is 1. The van der Waals surface area contributed by atoms with E-state index in [1.807, 2.05) is 0 Å². The summed E-state index contributed by atoms with van der Waals surface area (Å²) in [4.78, 5) is 15.2. The molecule has 0 aliphatic rings. The number of pyridine rings is 1. The van der Waals surface area contributed by atoms with Crippen molar-refractivity contribution in [2.45, 2.75) is 0 Å². The Morgan fingerprint density at radius 2 is 2.00 bits per heavy atom. The zero-order valence-corrected chi connectivity index (χ0v) is 11.4. The monoisotopic (exact) mass is 291 g/mol. The fraction of sp³-hybridized carbons (Fsp3) is 0. The Kier molecular flexibility index (Phi) is 3.28. The largest absolute Gasteiger partial charge is 0.399 e. The minimum Gasteiger partial charge on any atom is -0.399 e. The summed E-state index contributed by atoms with van der Waals surface area (Å²) in [6.45, 7) is 0. The number of halogens is 1. The molecule has 0 saturated heterocycles. The molecule has 0 unspecified atom stereocenters. The molecule has 3 rings (SSSR count). The van der Waals surface area contributed by atoms with E-state index in [1.54, 1.807) is 36.4 Å². The van der Waals surface area contributed by atoms with Crippen LogP contribution in [0.4, 0.5) is 10.1 Å². The Balaban J connectivity index is 2.44. The van der Waals surface area contributed by atoms with Gasteiger partial charge < -0.3 is 5.73 Å². The Labute approximate surface area is 125 Å². The Bertz CT molecular complexity index is 944. The van der Waals surface area contributed by atoms with Crippen LogP contribution in [0.15, 0.2) is 48.7 Å². The number of nitrogens with zero attached hydrogens (tertiary/aromatic N) is 2. The highest BCUT2D eigenvalue weighted by Gasteiger charge is 2.16. The number of nitrogens with two attached hydrogens (primary N) is 1. The number of hydrogen-bond donors (Lipinski definition) is 1. The zero-order chi connectivity index (χ0) is 15.7. The molecule has 5 heteroatoms. The van der Waals surface area contributed by atoms with Crippen LogP contribution in [-0.4, -0.2) is 11.0 Å². The van der Waals surface area contributed by atoms with Crippen molar-refractivity contribution in [3.63, 3.8) is 0 Å². The maximum Gasteiger partial charge on any atom is 0.334 e. The summed E-state index contributed by atoms with van der Waals surface area (Å²) in [6.07, 6.45) is 1.34. The van der Waals surface area contributed by atoms with Crippen molar-refractivity contribution in [3.05, 3.63) is 59.8 Å². The van der Waals surface area contributed by atoms with Gasteiger partial charge in [-0.05, 0) is 23.8 Å². The molecule has 0 aliphatic heterocycles. The molecule has 0 amide bonds. The van der Waals surface area contributed by atoms with Gasteiger partial charge in [-0.1, -0.05) is 24.3 Å². The number of hydrogen-bond acceptors (Lipinski definition) is 4. The van der Waals surface area contributed by atoms with Gasteiger partial charge in [0.2, 0.25) is 0 Å². The van der Waals surface area contributed by atoms with Crippen molar-refractivity contribution >= 4 is 22.6 Å². The minimum atomic E-state index is -1.55. The number of nitrogen functional groups attached to an aromatic ring is 1. The lowest BCUT2D eigenvalue weighted by Crippen LogP contribution is -1.97. The highest BCUT2D eigenvalue weighted by molar-refractivity contribution is 6.07. The summed E-state index contributed by atoms with van der Waals surface area (Å²) in [6, 6.07) is 12.2. The molecular formula is C17H10FN3O. The number of carbonyl (C=O) groups is 1. The first-order valence-corrected chi connectivity index (χ1v) is 6.49. The van der Waals surface area contributed by atoms with Crippen LogP contribution in [0.3, 0.4) is 0 Å². The lowest BCUT2D eigenvalue weighted by atomic mass is 9.95. The molecular weight excluding hydrogens is 281 g/mol. The first-order valence-electron chi connectivity index (χ1n) is 6.49. The van der Waals surface area contributed by atoms with Crippen LogP contribution < -0.4 is 5.73 Å². The molecule has 0 fully saturated rings. The maximum atomic E-state index is 13.2. The van der Waals surface area contributed by atoms with Crippen LogP contribution in [0.2, 0.25) is 0 Å². The molecule has 0 spiro atoms. The summed E-state index contributed by atoms with van der Waals surface area (Å²) < 4.78 is 13.2. The number of carbonyl (C=O) groups excluding carboxylic acids is 1. The Morgan fingerprint density at radius 3 is 2.68 bits per heavy atom. The molecule has 0 atom stereocenters. The number of rotatable bonds is 2. The van der Waals surface area contributed by atoms with E-state index >= 15 is 0 Å². The summed E-state index contributed by atoms with van der Waals surface area (Å²) in [7, 11) is 0. The van der Waals surface area contributed by atoms with E-state index in [0.717, 1.165) is 0 Å². The third-order valence-electron chi connectivity index (χ3n) is 3.40. The second kappa shape index (κ2) is 5.26. The van der Waals surface area contributed by atoms with Crippen molar-refractivity contribution in [2.24, 2.45) is 0 Å². The molecule has 2 N–H and O–H groups in total. The average molecular weight is 291 g/mol. The summed E-state index contributed by atoms with van der Waals surface area (Å²) in [5, 5.41) is 9.86. The van der Waals surface area contributed by atoms with Crippen LogP contribution in [0, 0.1) is 11.3 Å². The molecule has 0 bridgehead atoms. The van der Waals surface area contributed by atoms with Crippen molar-refractivity contribution in [3.8, 4) is 17.2 Å². The fourth-order valence-electron chi connectivity index (χ4n) is 2.47. The molecule has 4 nitrogen and oxygen atoms in total. The predicted molar refractivity (Wildman–Crippen MR) is 81.7 cm³/mol. The Hall–Kier alpha value is -3.26. The third-order valence-corrected chi connectivity index (χ3v) is 3.40. The Morgan fingerprint density at radius 1 is 1.23 bits per heavy atom. The number of anilines is 1. The van der Waals surface area contributed by atoms with E-state index < -0.39 is 6.04 Å². The number of fused-ring (bicyclic) bond motifs is 1. The van der Waals surface area contributed by atoms with Gasteiger partial charge in [-0.2, -0.15) is 9.65 Å². The normalized spacial score (nSPS) is 10.4. The van der Waals surface area contributed by atoms with Crippen molar-refractivity contribution in [1.29, 1.82) is 5.26 Å². The molecule has 0 aliphatic carbocycles. The zero-order valence-electron chi connectivity index (χ0n) is 11.4. The second-order valence-corrected chi connectivity index (χ2v) is 4.76. The van der Waals surface area contributed by atoms with Gasteiger partial charge in [0.05, 0.1) is 16.6 Å². The van der Waals surface area contributed by atoms with E-state index in [9.17, 15) is 14.4 Å². The lowest BCUT2D eigenvalue weighted by Gasteiger charge is -2.10. The van der Waals surface area contributed by atoms with Gasteiger partial charge in [-0.25, -0.2) is 0 Å². The molecule has 2 aromatic carbocycles. The van der Waals surface area contributed by atoms with Gasteiger partial charge in [0.15, 0.2) is 0 Å². The number of aromatic nitrogens is 1. The molecule has 22 heavy (non-hydrogen) atoms. The van der Waals surface area contributed by atoms with Crippen LogP contribution in [0.1, 0.15) is 15.9 Å². The van der Waals surface area contributed by atoms with Crippen molar-refractivity contribution in [2.75, 3.05) is 5.73 Å². The van der Waals surface area contributed by atoms with Gasteiger partial charge in [-0.15, -0.1) is 0 Å². The summed E-state index contributed by atoms with van der Waals surface area (Å²) >= 11 is 0. The molecule has 3 aromatic rings. The molecule has 0 saturated carbocycles. The van der Waals surface area contributed by atoms with Gasteiger partial charge in [0.25, 0.3) is 0 Å². The van der Waals surface area contributed by atoms with E-state index in [0.29, 0.717) is 27.8 Å². The van der Waals surface area contributed by atoms with Gasteiger partial charge in [0, 0.05) is 22.8 Å². The maximum absolute atomic E-state index is 13.2. The van der Waals surface area contributed by atoms with Crippen LogP contribution in [0.25, 0.3) is 22.0 Å². The van der Waals surface area contributed by atoms with Crippen LogP contribution >= 0.6 is 0 Å². The summed E-state index contributed by atoms with van der Waals surface area (Å²) in [5.74, 6) is 0. The van der Waals surface area contributed by atoms with E-state index in [1.165, 1.54) is 12.3 Å². The molecule has 106 valence electrons. The number of para-hydroxylation sites is 1. The third kappa shape index (κ3) is 2.17. The van der Waals surface area contributed by atoms with Gasteiger partial charge in [0.1, 0.15) is 6.07 Å². The van der Waals surface area contributed by atoms with Crippen LogP contribution in [0.5, 0.6) is 0 Å². The minimum absolute atomic E-state index is 0.118. The molecule has 1 heterocycles. The van der Waals surface area contributed by atoms with E-state index in [-0.39, 0.29) is 11.1 Å².